The van der Waals surface area contributed by atoms with E-state index in [9.17, 15) is 14.2 Å². The molecule has 0 amide bonds. The van der Waals surface area contributed by atoms with Crippen molar-refractivity contribution in [2.45, 2.75) is 70.6 Å². The highest BCUT2D eigenvalue weighted by Crippen LogP contribution is 2.27. The molecule has 1 saturated heterocycles. The van der Waals surface area contributed by atoms with Gasteiger partial charge in [0.25, 0.3) is 0 Å². The zero-order chi connectivity index (χ0) is 17.9. The number of rotatable bonds is 11. The van der Waals surface area contributed by atoms with E-state index in [0.717, 1.165) is 38.6 Å². The largest absolute Gasteiger partial charge is 0.698 e. The summed E-state index contributed by atoms with van der Waals surface area (Å²) in [6, 6.07) is -0.691. The average Bonchev–Trinajstić information content (AvgIpc) is 3.07. The standard InChI is InChI=1S/C15H28N2O6P/c1-3-4-5-7-12(16)10-21-24(20)23-11(2)14(18)22-15(19)13-8-6-9-17-13/h11-13,17H,3-10,16H2,1-2H3/q+1/t11?,12?,13-/m0/s1. The van der Waals surface area contributed by atoms with E-state index in [-0.39, 0.29) is 12.6 Å². The van der Waals surface area contributed by atoms with Gasteiger partial charge in [0, 0.05) is 10.6 Å². The van der Waals surface area contributed by atoms with Crippen LogP contribution in [0.3, 0.4) is 0 Å². The van der Waals surface area contributed by atoms with E-state index < -0.39 is 32.3 Å². The van der Waals surface area contributed by atoms with Crippen molar-refractivity contribution in [3.05, 3.63) is 0 Å². The van der Waals surface area contributed by atoms with E-state index in [1.807, 2.05) is 0 Å². The summed E-state index contributed by atoms with van der Waals surface area (Å²) in [4.78, 5) is 23.5. The maximum absolute atomic E-state index is 11.8. The fourth-order valence-electron chi connectivity index (χ4n) is 2.24. The quantitative estimate of drug-likeness (QED) is 0.247. The van der Waals surface area contributed by atoms with Crippen molar-refractivity contribution in [3.8, 4) is 0 Å². The van der Waals surface area contributed by atoms with Crippen LogP contribution in [0.5, 0.6) is 0 Å². The molecule has 3 unspecified atom stereocenters. The van der Waals surface area contributed by atoms with Crippen LogP contribution in [-0.4, -0.2) is 43.3 Å². The van der Waals surface area contributed by atoms with Gasteiger partial charge in [0.2, 0.25) is 6.10 Å². The van der Waals surface area contributed by atoms with Crippen LogP contribution in [0.4, 0.5) is 0 Å². The van der Waals surface area contributed by atoms with E-state index in [1.165, 1.54) is 6.92 Å². The van der Waals surface area contributed by atoms with Gasteiger partial charge in [-0.1, -0.05) is 26.2 Å². The molecule has 0 aliphatic carbocycles. The monoisotopic (exact) mass is 363 g/mol. The fraction of sp³-hybridized carbons (Fsp3) is 0.867. The van der Waals surface area contributed by atoms with Gasteiger partial charge in [-0.2, -0.15) is 0 Å². The van der Waals surface area contributed by atoms with Crippen molar-refractivity contribution >= 4 is 20.2 Å². The van der Waals surface area contributed by atoms with Gasteiger partial charge in [0.15, 0.2) is 0 Å². The van der Waals surface area contributed by atoms with Gasteiger partial charge >= 0.3 is 20.2 Å². The minimum absolute atomic E-state index is 0.0889. The first kappa shape index (κ1) is 21.1. The molecule has 0 spiro atoms. The SMILES string of the molecule is CCCCCC(N)CO[P+](=O)OC(C)C(=O)OC(=O)[C@@H]1CCCN1. The Labute approximate surface area is 143 Å². The lowest BCUT2D eigenvalue weighted by Gasteiger charge is -2.10. The lowest BCUT2D eigenvalue weighted by Crippen LogP contribution is -2.36. The van der Waals surface area contributed by atoms with E-state index in [2.05, 4.69) is 12.2 Å². The van der Waals surface area contributed by atoms with E-state index in [1.54, 1.807) is 0 Å². The molecule has 1 fully saturated rings. The Hall–Kier alpha value is -0.920. The fourth-order valence-corrected chi connectivity index (χ4v) is 2.96. The predicted molar refractivity (Wildman–Crippen MR) is 88.3 cm³/mol. The lowest BCUT2D eigenvalue weighted by molar-refractivity contribution is -0.165. The van der Waals surface area contributed by atoms with Crippen LogP contribution in [0.2, 0.25) is 0 Å². The van der Waals surface area contributed by atoms with Crippen LogP contribution < -0.4 is 11.1 Å². The number of carbonyl (C=O) groups excluding carboxylic acids is 2. The van der Waals surface area contributed by atoms with Crippen molar-refractivity contribution < 1.29 is 27.9 Å². The minimum Gasteiger partial charge on any atom is -0.390 e. The predicted octanol–water partition coefficient (Wildman–Crippen LogP) is 1.79. The van der Waals surface area contributed by atoms with Crippen molar-refractivity contribution in [3.63, 3.8) is 0 Å². The maximum Gasteiger partial charge on any atom is 0.698 e. The minimum atomic E-state index is -2.50. The molecular formula is C15H28N2O6P+. The molecule has 3 N–H and O–H groups in total. The third-order valence-corrected chi connectivity index (χ3v) is 4.54. The van der Waals surface area contributed by atoms with Crippen LogP contribution in [0.15, 0.2) is 0 Å². The number of unbranched alkanes of at least 4 members (excludes halogenated alkanes) is 2. The molecule has 0 aromatic rings. The van der Waals surface area contributed by atoms with Gasteiger partial charge < -0.3 is 15.8 Å². The molecule has 138 valence electrons. The second-order valence-electron chi connectivity index (χ2n) is 5.91. The van der Waals surface area contributed by atoms with E-state index >= 15 is 0 Å². The summed E-state index contributed by atoms with van der Waals surface area (Å²) in [6.45, 7) is 4.26. The summed E-state index contributed by atoms with van der Waals surface area (Å²) in [5, 5.41) is 2.93. The third kappa shape index (κ3) is 8.26. The topological polar surface area (TPSA) is 117 Å². The van der Waals surface area contributed by atoms with Crippen LogP contribution in [-0.2, 0) is 27.9 Å². The lowest BCUT2D eigenvalue weighted by atomic mass is 10.1. The van der Waals surface area contributed by atoms with Crippen molar-refractivity contribution in [1.82, 2.24) is 5.32 Å². The average molecular weight is 363 g/mol. The number of nitrogens with one attached hydrogen (secondary N) is 1. The zero-order valence-electron chi connectivity index (χ0n) is 14.4. The van der Waals surface area contributed by atoms with Crippen LogP contribution >= 0.6 is 8.25 Å². The first-order chi connectivity index (χ1) is 11.4. The van der Waals surface area contributed by atoms with Gasteiger partial charge in [-0.25, -0.2) is 9.59 Å². The Balaban J connectivity index is 2.22. The number of hydrogen-bond donors (Lipinski definition) is 2. The molecule has 1 aliphatic rings. The Morgan fingerprint density at radius 3 is 2.75 bits per heavy atom. The second kappa shape index (κ2) is 11.6. The smallest absolute Gasteiger partial charge is 0.390 e. The first-order valence-electron chi connectivity index (χ1n) is 8.45. The van der Waals surface area contributed by atoms with E-state index in [0.29, 0.717) is 6.42 Å². The van der Waals surface area contributed by atoms with Crippen molar-refractivity contribution in [1.29, 1.82) is 0 Å². The van der Waals surface area contributed by atoms with Gasteiger partial charge in [0.05, 0.1) is 0 Å². The molecule has 1 rings (SSSR count). The maximum atomic E-state index is 11.8. The molecule has 0 saturated carbocycles. The number of nitrogens with two attached hydrogens (primary N) is 1. The highest BCUT2D eigenvalue weighted by atomic mass is 31.1. The zero-order valence-corrected chi connectivity index (χ0v) is 15.3. The first-order valence-corrected chi connectivity index (χ1v) is 9.55. The third-order valence-electron chi connectivity index (χ3n) is 3.69. The van der Waals surface area contributed by atoms with Crippen LogP contribution in [0.1, 0.15) is 52.4 Å². The molecule has 0 aromatic heterocycles. The van der Waals surface area contributed by atoms with Crippen LogP contribution in [0.25, 0.3) is 0 Å². The Kier molecular flexibility index (Phi) is 10.2. The molecule has 1 heterocycles. The van der Waals surface area contributed by atoms with E-state index in [4.69, 9.17) is 19.5 Å². The number of ether oxygens (including phenoxy) is 1. The summed E-state index contributed by atoms with van der Waals surface area (Å²) in [5.74, 6) is -1.52. The molecule has 8 nitrogen and oxygen atoms in total. The summed E-state index contributed by atoms with van der Waals surface area (Å²) in [5.41, 5.74) is 5.84. The van der Waals surface area contributed by atoms with Crippen molar-refractivity contribution in [2.75, 3.05) is 13.2 Å². The Morgan fingerprint density at radius 2 is 2.12 bits per heavy atom. The van der Waals surface area contributed by atoms with Gasteiger partial charge in [-0.15, -0.1) is 9.05 Å². The molecule has 24 heavy (non-hydrogen) atoms. The van der Waals surface area contributed by atoms with Crippen molar-refractivity contribution in [2.24, 2.45) is 5.73 Å². The highest BCUT2D eigenvalue weighted by Gasteiger charge is 2.34. The highest BCUT2D eigenvalue weighted by molar-refractivity contribution is 7.33. The summed E-state index contributed by atoms with van der Waals surface area (Å²) < 4.78 is 26.3. The molecule has 0 bridgehead atoms. The second-order valence-corrected chi connectivity index (χ2v) is 6.83. The summed E-state index contributed by atoms with van der Waals surface area (Å²) in [7, 11) is -2.50. The Bertz CT molecular complexity index is 428. The number of esters is 2. The molecule has 1 aliphatic heterocycles. The van der Waals surface area contributed by atoms with Gasteiger partial charge in [0.1, 0.15) is 12.6 Å². The summed E-state index contributed by atoms with van der Waals surface area (Å²) in [6.07, 6.45) is 4.28. The summed E-state index contributed by atoms with van der Waals surface area (Å²) >= 11 is 0. The van der Waals surface area contributed by atoms with Gasteiger partial charge in [-0.05, 0) is 32.7 Å². The molecule has 4 atom stereocenters. The Morgan fingerprint density at radius 1 is 1.38 bits per heavy atom. The molecular weight excluding hydrogens is 335 g/mol. The molecule has 0 radical (unpaired) electrons. The normalized spacial score (nSPS) is 20.5. The number of hydrogen-bond acceptors (Lipinski definition) is 8. The van der Waals surface area contributed by atoms with Crippen LogP contribution in [0, 0.1) is 0 Å². The van der Waals surface area contributed by atoms with Gasteiger partial charge in [-0.3, -0.25) is 0 Å². The molecule has 0 aromatic carbocycles. The number of carbonyl (C=O) groups is 2. The molecule has 9 heteroatoms.